The van der Waals surface area contributed by atoms with E-state index in [9.17, 15) is 0 Å². The zero-order chi connectivity index (χ0) is 11.3. The molecule has 0 aliphatic rings. The summed E-state index contributed by atoms with van der Waals surface area (Å²) in [6.45, 7) is 7.34. The fraction of sp³-hybridized carbons (Fsp3) is 0.727. The van der Waals surface area contributed by atoms with E-state index in [0.29, 0.717) is 0 Å². The number of ether oxygens (including phenoxy) is 2. The van der Waals surface area contributed by atoms with Gasteiger partial charge in [-0.05, 0) is 11.4 Å². The minimum atomic E-state index is 0.718. The number of hydrogen-bond acceptors (Lipinski definition) is 2. The first-order valence-corrected chi connectivity index (χ1v) is 5.17. The Balaban J connectivity index is 2.72. The van der Waals surface area contributed by atoms with Gasteiger partial charge >= 0.3 is 0 Å². The van der Waals surface area contributed by atoms with Gasteiger partial charge in [0.15, 0.2) is 0 Å². The van der Waals surface area contributed by atoms with E-state index < -0.39 is 0 Å². The van der Waals surface area contributed by atoms with Gasteiger partial charge < -0.3 is 18.6 Å². The lowest BCUT2D eigenvalue weighted by Gasteiger charge is -2.04. The molecule has 4 nitrogen and oxygen atoms in total. The van der Waals surface area contributed by atoms with E-state index in [1.807, 2.05) is 0 Å². The van der Waals surface area contributed by atoms with E-state index in [4.69, 9.17) is 9.47 Å². The second-order valence-corrected chi connectivity index (χ2v) is 3.56. The van der Waals surface area contributed by atoms with Gasteiger partial charge in [0, 0.05) is 14.2 Å². The summed E-state index contributed by atoms with van der Waals surface area (Å²) in [6, 6.07) is 0. The van der Waals surface area contributed by atoms with Crippen LogP contribution in [0.4, 0.5) is 0 Å². The van der Waals surface area contributed by atoms with Crippen LogP contribution in [0.2, 0.25) is 0 Å². The number of rotatable bonds is 6. The molecular weight excluding hydrogens is 192 g/mol. The molecule has 0 aliphatic carbocycles. The molecule has 1 aromatic heterocycles. The lowest BCUT2D eigenvalue weighted by Crippen LogP contribution is -2.37. The van der Waals surface area contributed by atoms with Gasteiger partial charge in [0.05, 0.1) is 26.3 Å². The lowest BCUT2D eigenvalue weighted by molar-refractivity contribution is -0.707. The Morgan fingerprint density at radius 2 is 1.87 bits per heavy atom. The molecule has 0 radical (unpaired) electrons. The van der Waals surface area contributed by atoms with Crippen LogP contribution in [0.1, 0.15) is 11.4 Å². The van der Waals surface area contributed by atoms with Crippen LogP contribution in [0.5, 0.6) is 0 Å². The lowest BCUT2D eigenvalue weighted by atomic mass is 10.3. The molecule has 0 aliphatic heterocycles. The standard InChI is InChI=1S/C11H20N2O2/c1-10-11(2)13(6-8-15-4)9-12(10)5-7-14-3/h5-8H2,1-4H3. The number of nitrogens with zero attached hydrogens (tertiary/aromatic N) is 2. The molecule has 86 valence electrons. The smallest absolute Gasteiger partial charge is 0.204 e. The van der Waals surface area contributed by atoms with Gasteiger partial charge in [-0.15, -0.1) is 0 Å². The van der Waals surface area contributed by atoms with Gasteiger partial charge in [-0.1, -0.05) is 13.8 Å². The van der Waals surface area contributed by atoms with Crippen LogP contribution in [-0.2, 0) is 22.6 Å². The summed E-state index contributed by atoms with van der Waals surface area (Å²) in [7, 11) is 3.43. The first-order chi connectivity index (χ1) is 7.20. The highest BCUT2D eigenvalue weighted by molar-refractivity contribution is 5.02. The fourth-order valence-corrected chi connectivity index (χ4v) is 1.49. The molecular formula is C11H20N2O2. The first-order valence-electron chi connectivity index (χ1n) is 5.17. The zero-order valence-electron chi connectivity index (χ0n) is 10.0. The van der Waals surface area contributed by atoms with Crippen molar-refractivity contribution in [3.8, 4) is 0 Å². The molecule has 0 aromatic carbocycles. The van der Waals surface area contributed by atoms with E-state index in [1.54, 1.807) is 14.2 Å². The van der Waals surface area contributed by atoms with Gasteiger partial charge in [-0.2, -0.15) is 0 Å². The van der Waals surface area contributed by atoms with Crippen molar-refractivity contribution in [2.24, 2.45) is 0 Å². The van der Waals surface area contributed by atoms with Crippen LogP contribution >= 0.6 is 0 Å². The largest absolute Gasteiger partial charge is 0.381 e. The van der Waals surface area contributed by atoms with E-state index in [0.717, 1.165) is 26.3 Å². The maximum Gasteiger partial charge on any atom is 0.204 e. The maximum absolute atomic E-state index is 5.06. The summed E-state index contributed by atoms with van der Waals surface area (Å²) < 4.78 is 14.3. The Labute approximate surface area is 91.4 Å². The van der Waals surface area contributed by atoms with Crippen molar-refractivity contribution in [1.82, 2.24) is 4.57 Å². The fourth-order valence-electron chi connectivity index (χ4n) is 1.49. The van der Waals surface area contributed by atoms with Crippen LogP contribution in [0, 0.1) is 20.2 Å². The predicted molar refractivity (Wildman–Crippen MR) is 56.7 cm³/mol. The Kier molecular flexibility index (Phi) is 4.78. The van der Waals surface area contributed by atoms with Gasteiger partial charge in [0.2, 0.25) is 6.33 Å². The molecule has 0 N–H and O–H groups in total. The Morgan fingerprint density at radius 1 is 1.20 bits per heavy atom. The minimum Gasteiger partial charge on any atom is -0.381 e. The quantitative estimate of drug-likeness (QED) is 0.507. The van der Waals surface area contributed by atoms with Gasteiger partial charge in [0.25, 0.3) is 0 Å². The molecule has 0 atom stereocenters. The highest BCUT2D eigenvalue weighted by atomic mass is 16.5. The average Bonchev–Trinajstić information content (AvgIpc) is 2.51. The van der Waals surface area contributed by atoms with Crippen molar-refractivity contribution in [3.63, 3.8) is 0 Å². The van der Waals surface area contributed by atoms with Crippen molar-refractivity contribution in [2.75, 3.05) is 27.4 Å². The molecule has 0 amide bonds. The molecule has 1 rings (SSSR count). The van der Waals surface area contributed by atoms with Gasteiger partial charge in [-0.25, -0.2) is 0 Å². The molecule has 0 spiro atoms. The molecule has 4 heteroatoms. The minimum absolute atomic E-state index is 0.718. The highest BCUT2D eigenvalue weighted by Crippen LogP contribution is 2.01. The molecule has 1 aromatic rings. The summed E-state index contributed by atoms with van der Waals surface area (Å²) in [4.78, 5) is 0. The number of hydrogen-bond donors (Lipinski definition) is 0. The molecule has 0 saturated heterocycles. The van der Waals surface area contributed by atoms with E-state index in [1.165, 1.54) is 11.4 Å². The summed E-state index contributed by atoms with van der Waals surface area (Å²) in [5.41, 5.74) is 2.48. The van der Waals surface area contributed by atoms with Crippen LogP contribution in [0.25, 0.3) is 0 Å². The normalized spacial score (nSPS) is 10.9. The van der Waals surface area contributed by atoms with Crippen molar-refractivity contribution in [1.29, 1.82) is 0 Å². The second-order valence-electron chi connectivity index (χ2n) is 3.56. The van der Waals surface area contributed by atoms with Crippen LogP contribution in [0.15, 0.2) is 0 Å². The molecule has 0 fully saturated rings. The van der Waals surface area contributed by atoms with Gasteiger partial charge in [-0.3, -0.25) is 0 Å². The maximum atomic E-state index is 5.06. The SMILES string of the molecule is COCCn1[c-][n+](CCOC)c(C)c1C. The van der Waals surface area contributed by atoms with Crippen LogP contribution in [-0.4, -0.2) is 32.0 Å². The van der Waals surface area contributed by atoms with Crippen molar-refractivity contribution < 1.29 is 14.0 Å². The Morgan fingerprint density at radius 3 is 2.47 bits per heavy atom. The third-order valence-corrected chi connectivity index (χ3v) is 2.61. The van der Waals surface area contributed by atoms with E-state index in [2.05, 4.69) is 29.3 Å². The van der Waals surface area contributed by atoms with Crippen LogP contribution in [0.3, 0.4) is 0 Å². The van der Waals surface area contributed by atoms with Gasteiger partial charge in [0.1, 0.15) is 0 Å². The molecule has 15 heavy (non-hydrogen) atoms. The summed E-state index contributed by atoms with van der Waals surface area (Å²) in [5.74, 6) is 0. The Bertz CT molecular complexity index is 279. The number of aromatic nitrogens is 2. The molecule has 0 bridgehead atoms. The first kappa shape index (κ1) is 12.2. The number of imidazole rings is 1. The third-order valence-electron chi connectivity index (χ3n) is 2.61. The predicted octanol–water partition coefficient (Wildman–Crippen LogP) is 0.485. The average molecular weight is 212 g/mol. The van der Waals surface area contributed by atoms with E-state index in [-0.39, 0.29) is 0 Å². The van der Waals surface area contributed by atoms with Crippen molar-refractivity contribution in [2.45, 2.75) is 26.9 Å². The van der Waals surface area contributed by atoms with Crippen molar-refractivity contribution in [3.05, 3.63) is 17.7 Å². The second kappa shape index (κ2) is 5.88. The van der Waals surface area contributed by atoms with Crippen LogP contribution < -0.4 is 4.57 Å². The monoisotopic (exact) mass is 212 g/mol. The topological polar surface area (TPSA) is 27.3 Å². The molecule has 1 heterocycles. The zero-order valence-corrected chi connectivity index (χ0v) is 10.0. The van der Waals surface area contributed by atoms with Crippen molar-refractivity contribution >= 4 is 0 Å². The Hall–Kier alpha value is -0.870. The number of methoxy groups -OCH3 is 2. The molecule has 0 unspecified atom stereocenters. The highest BCUT2D eigenvalue weighted by Gasteiger charge is 2.05. The summed E-state index contributed by atoms with van der Waals surface area (Å²) >= 11 is 0. The summed E-state index contributed by atoms with van der Waals surface area (Å²) in [6.07, 6.45) is 3.29. The van der Waals surface area contributed by atoms with E-state index >= 15 is 0 Å². The summed E-state index contributed by atoms with van der Waals surface area (Å²) in [5, 5.41) is 0. The molecule has 0 saturated carbocycles. The third kappa shape index (κ3) is 3.04.